The van der Waals surface area contributed by atoms with Crippen molar-refractivity contribution in [1.82, 2.24) is 19.4 Å². The summed E-state index contributed by atoms with van der Waals surface area (Å²) >= 11 is 0. The number of nitrogens with zero attached hydrogens (tertiary/aromatic N) is 4. The van der Waals surface area contributed by atoms with Crippen LogP contribution in [-0.4, -0.2) is 52.8 Å². The van der Waals surface area contributed by atoms with Crippen molar-refractivity contribution in [2.45, 2.75) is 32.0 Å². The number of nitrogen functional groups attached to an aromatic ring is 1. The molecule has 3 heterocycles. The molecule has 2 fully saturated rings. The summed E-state index contributed by atoms with van der Waals surface area (Å²) in [6, 6.07) is 1.40. The standard InChI is InChI=1S/C20H26F3N5O/c1-11(2)19-26-16(12-6-15(20(21,22)23)18(24)25-7-12)10-28(19)17-13-8-27(4-5-29-3)9-14(13)17/h6-7,10-11,13-14,17H,4-5,8-9H2,1-3H3,(H2,24,25)/t13-,14+,17-. The number of pyridine rings is 1. The molecule has 0 aromatic carbocycles. The van der Waals surface area contributed by atoms with Gasteiger partial charge in [0.1, 0.15) is 11.6 Å². The molecule has 9 heteroatoms. The lowest BCUT2D eigenvalue weighted by molar-refractivity contribution is -0.137. The van der Waals surface area contributed by atoms with E-state index in [-0.39, 0.29) is 5.92 Å². The topological polar surface area (TPSA) is 69.2 Å². The molecule has 4 rings (SSSR count). The van der Waals surface area contributed by atoms with Gasteiger partial charge in [0, 0.05) is 56.7 Å². The van der Waals surface area contributed by atoms with Crippen molar-refractivity contribution in [2.75, 3.05) is 39.1 Å². The van der Waals surface area contributed by atoms with Gasteiger partial charge in [-0.3, -0.25) is 0 Å². The summed E-state index contributed by atoms with van der Waals surface area (Å²) in [7, 11) is 1.71. The van der Waals surface area contributed by atoms with Crippen molar-refractivity contribution in [3.63, 3.8) is 0 Å². The molecule has 2 aliphatic rings. The summed E-state index contributed by atoms with van der Waals surface area (Å²) in [5.41, 5.74) is 5.35. The van der Waals surface area contributed by atoms with Crippen LogP contribution >= 0.6 is 0 Å². The van der Waals surface area contributed by atoms with Crippen LogP contribution < -0.4 is 5.73 Å². The second-order valence-electron chi connectivity index (χ2n) is 8.27. The van der Waals surface area contributed by atoms with Crippen molar-refractivity contribution in [3.8, 4) is 11.3 Å². The van der Waals surface area contributed by atoms with Crippen LogP contribution in [0.2, 0.25) is 0 Å². The van der Waals surface area contributed by atoms with E-state index in [1.807, 2.05) is 20.0 Å². The Morgan fingerprint density at radius 2 is 1.97 bits per heavy atom. The number of aromatic nitrogens is 3. The Hall–Kier alpha value is -2.13. The minimum absolute atomic E-state index is 0.165. The van der Waals surface area contributed by atoms with Crippen molar-refractivity contribution < 1.29 is 17.9 Å². The Labute approximate surface area is 167 Å². The second-order valence-corrected chi connectivity index (χ2v) is 8.27. The molecule has 1 saturated heterocycles. The predicted octanol–water partition coefficient (Wildman–Crippen LogP) is 3.42. The van der Waals surface area contributed by atoms with Gasteiger partial charge in [0.05, 0.1) is 17.9 Å². The Bertz CT molecular complexity index is 883. The summed E-state index contributed by atoms with van der Waals surface area (Å²) < 4.78 is 47.0. The molecule has 2 aromatic heterocycles. The minimum atomic E-state index is -4.55. The fraction of sp³-hybridized carbons (Fsp3) is 0.600. The molecule has 0 spiro atoms. The van der Waals surface area contributed by atoms with Crippen LogP contribution in [0.5, 0.6) is 0 Å². The van der Waals surface area contributed by atoms with Crippen LogP contribution in [0.3, 0.4) is 0 Å². The molecule has 3 atom stereocenters. The highest BCUT2D eigenvalue weighted by atomic mass is 19.4. The first-order valence-electron chi connectivity index (χ1n) is 9.83. The van der Waals surface area contributed by atoms with Gasteiger partial charge < -0.3 is 19.9 Å². The number of methoxy groups -OCH3 is 1. The molecular weight excluding hydrogens is 383 g/mol. The predicted molar refractivity (Wildman–Crippen MR) is 103 cm³/mol. The second kappa shape index (κ2) is 7.28. The molecule has 1 aliphatic carbocycles. The van der Waals surface area contributed by atoms with Crippen molar-refractivity contribution in [3.05, 3.63) is 29.8 Å². The van der Waals surface area contributed by atoms with Gasteiger partial charge in [0.25, 0.3) is 0 Å². The number of imidazole rings is 1. The molecule has 2 aromatic rings. The lowest BCUT2D eigenvalue weighted by Crippen LogP contribution is -2.28. The molecule has 2 N–H and O–H groups in total. The number of alkyl halides is 3. The van der Waals surface area contributed by atoms with Crippen molar-refractivity contribution in [1.29, 1.82) is 0 Å². The molecule has 6 nitrogen and oxygen atoms in total. The van der Waals surface area contributed by atoms with Crippen LogP contribution in [-0.2, 0) is 10.9 Å². The zero-order valence-electron chi connectivity index (χ0n) is 16.8. The largest absolute Gasteiger partial charge is 0.419 e. The van der Waals surface area contributed by atoms with Gasteiger partial charge in [-0.15, -0.1) is 0 Å². The Morgan fingerprint density at radius 1 is 1.28 bits per heavy atom. The zero-order valence-corrected chi connectivity index (χ0v) is 16.8. The molecule has 0 radical (unpaired) electrons. The SMILES string of the molecule is COCCN1C[C@@H]2[C@H](C1)[C@@H]2n1cc(-c2cnc(N)c(C(F)(F)F)c2)nc1C(C)C. The van der Waals surface area contributed by atoms with Crippen LogP contribution in [0.15, 0.2) is 18.5 Å². The quantitative estimate of drug-likeness (QED) is 0.792. The number of fused-ring (bicyclic) bond motifs is 1. The third-order valence-corrected chi connectivity index (χ3v) is 5.95. The van der Waals surface area contributed by atoms with Gasteiger partial charge in [-0.25, -0.2) is 9.97 Å². The average Bonchev–Trinajstić information content (AvgIpc) is 3.00. The third kappa shape index (κ3) is 3.73. The maximum absolute atomic E-state index is 13.2. The third-order valence-electron chi connectivity index (χ3n) is 5.95. The molecule has 0 unspecified atom stereocenters. The first kappa shape index (κ1) is 20.2. The Kier molecular flexibility index (Phi) is 5.06. The lowest BCUT2D eigenvalue weighted by atomic mass is 10.1. The maximum atomic E-state index is 13.2. The monoisotopic (exact) mass is 409 g/mol. The summed E-state index contributed by atoms with van der Waals surface area (Å²) in [5.74, 6) is 1.66. The van der Waals surface area contributed by atoms with E-state index in [0.29, 0.717) is 29.1 Å². The van der Waals surface area contributed by atoms with E-state index in [2.05, 4.69) is 19.4 Å². The molecule has 1 saturated carbocycles. The van der Waals surface area contributed by atoms with E-state index in [0.717, 1.165) is 38.1 Å². The van der Waals surface area contributed by atoms with Crippen molar-refractivity contribution in [2.24, 2.45) is 11.8 Å². The van der Waals surface area contributed by atoms with Crippen LogP contribution in [0.1, 0.15) is 37.2 Å². The van der Waals surface area contributed by atoms with Gasteiger partial charge in [-0.05, 0) is 17.9 Å². The summed E-state index contributed by atoms with van der Waals surface area (Å²) in [4.78, 5) is 10.8. The number of piperidine rings is 1. The van der Waals surface area contributed by atoms with E-state index >= 15 is 0 Å². The van der Waals surface area contributed by atoms with E-state index in [4.69, 9.17) is 10.5 Å². The van der Waals surface area contributed by atoms with Gasteiger partial charge >= 0.3 is 6.18 Å². The molecular formula is C20H26F3N5O. The average molecular weight is 409 g/mol. The highest BCUT2D eigenvalue weighted by Gasteiger charge is 2.57. The van der Waals surface area contributed by atoms with E-state index in [1.54, 1.807) is 7.11 Å². The zero-order chi connectivity index (χ0) is 20.9. The number of rotatable bonds is 6. The van der Waals surface area contributed by atoms with Gasteiger partial charge in [0.15, 0.2) is 0 Å². The first-order valence-corrected chi connectivity index (χ1v) is 9.83. The highest BCUT2D eigenvalue weighted by Crippen LogP contribution is 2.56. The van der Waals surface area contributed by atoms with Gasteiger partial charge in [0.2, 0.25) is 0 Å². The fourth-order valence-electron chi connectivity index (χ4n) is 4.45. The van der Waals surface area contributed by atoms with Crippen LogP contribution in [0, 0.1) is 11.8 Å². The Morgan fingerprint density at radius 3 is 2.55 bits per heavy atom. The highest BCUT2D eigenvalue weighted by molar-refractivity contribution is 5.62. The van der Waals surface area contributed by atoms with Crippen molar-refractivity contribution >= 4 is 5.82 Å². The smallest absolute Gasteiger partial charge is 0.383 e. The van der Waals surface area contributed by atoms with Crippen LogP contribution in [0.25, 0.3) is 11.3 Å². The number of hydrogen-bond acceptors (Lipinski definition) is 5. The van der Waals surface area contributed by atoms with Gasteiger partial charge in [-0.2, -0.15) is 13.2 Å². The number of likely N-dealkylation sites (tertiary alicyclic amines) is 1. The molecule has 1 aliphatic heterocycles. The van der Waals surface area contributed by atoms with Gasteiger partial charge in [-0.1, -0.05) is 13.8 Å². The minimum Gasteiger partial charge on any atom is -0.383 e. The molecule has 0 amide bonds. The number of anilines is 1. The van der Waals surface area contributed by atoms with Crippen LogP contribution in [0.4, 0.5) is 19.0 Å². The molecule has 0 bridgehead atoms. The number of hydrogen-bond donors (Lipinski definition) is 1. The number of nitrogens with two attached hydrogens (primary N) is 1. The van der Waals surface area contributed by atoms with E-state index in [1.165, 1.54) is 6.20 Å². The molecule has 29 heavy (non-hydrogen) atoms. The summed E-state index contributed by atoms with van der Waals surface area (Å²) in [5, 5.41) is 0. The fourth-order valence-corrected chi connectivity index (χ4v) is 4.45. The normalized spacial score (nSPS) is 24.3. The van der Waals surface area contributed by atoms with E-state index in [9.17, 15) is 13.2 Å². The Balaban J connectivity index is 1.60. The maximum Gasteiger partial charge on any atom is 0.419 e. The number of ether oxygens (including phenoxy) is 1. The first-order chi connectivity index (χ1) is 13.7. The number of halogens is 3. The molecule has 158 valence electrons. The summed E-state index contributed by atoms with van der Waals surface area (Å²) in [6.07, 6.45) is -1.30. The summed E-state index contributed by atoms with van der Waals surface area (Å²) in [6.45, 7) is 7.79. The lowest BCUT2D eigenvalue weighted by Gasteiger charge is -2.20. The van der Waals surface area contributed by atoms with E-state index < -0.39 is 17.6 Å².